The van der Waals surface area contributed by atoms with Gasteiger partial charge in [-0.25, -0.2) is 4.98 Å². The normalized spacial score (nSPS) is 15.0. The number of ether oxygens (including phenoxy) is 1. The average molecular weight is 227 g/mol. The van der Waals surface area contributed by atoms with E-state index in [-0.39, 0.29) is 0 Å². The minimum Gasteiger partial charge on any atom is -0.387 e. The molecule has 1 heterocycles. The number of aliphatic hydroxyl groups is 1. The predicted octanol–water partition coefficient (Wildman–Crippen LogP) is 1.02. The van der Waals surface area contributed by atoms with Gasteiger partial charge < -0.3 is 9.84 Å². The predicted molar refractivity (Wildman–Crippen MR) is 61.1 cm³/mol. The SMILES string of the molecule is CCCn1ncnc1CC(C)(O)COCC. The van der Waals surface area contributed by atoms with Crippen molar-refractivity contribution in [2.45, 2.75) is 45.8 Å². The molecule has 1 atom stereocenters. The number of rotatable bonds is 7. The van der Waals surface area contributed by atoms with Crippen LogP contribution < -0.4 is 0 Å². The van der Waals surface area contributed by atoms with E-state index < -0.39 is 5.60 Å². The summed E-state index contributed by atoms with van der Waals surface area (Å²) in [4.78, 5) is 4.16. The van der Waals surface area contributed by atoms with Crippen molar-refractivity contribution >= 4 is 0 Å². The number of aryl methyl sites for hydroxylation is 1. The lowest BCUT2D eigenvalue weighted by atomic mass is 10.0. The van der Waals surface area contributed by atoms with Crippen LogP contribution >= 0.6 is 0 Å². The summed E-state index contributed by atoms with van der Waals surface area (Å²) in [5, 5.41) is 14.2. The first-order chi connectivity index (χ1) is 7.59. The minimum absolute atomic E-state index is 0.322. The van der Waals surface area contributed by atoms with Gasteiger partial charge in [-0.15, -0.1) is 0 Å². The number of hydrogen-bond acceptors (Lipinski definition) is 4. The molecule has 0 radical (unpaired) electrons. The second-order valence-corrected chi connectivity index (χ2v) is 4.21. The molecule has 5 heteroatoms. The Hall–Kier alpha value is -0.940. The average Bonchev–Trinajstić information content (AvgIpc) is 2.63. The number of nitrogens with zero attached hydrogens (tertiary/aromatic N) is 3. The van der Waals surface area contributed by atoms with Gasteiger partial charge in [0.2, 0.25) is 0 Å². The fraction of sp³-hybridized carbons (Fsp3) is 0.818. The van der Waals surface area contributed by atoms with Gasteiger partial charge in [-0.1, -0.05) is 6.92 Å². The van der Waals surface area contributed by atoms with Crippen LogP contribution in [0.3, 0.4) is 0 Å². The van der Waals surface area contributed by atoms with E-state index in [1.54, 1.807) is 6.92 Å². The third-order valence-corrected chi connectivity index (χ3v) is 2.29. The van der Waals surface area contributed by atoms with Crippen LogP contribution in [-0.4, -0.2) is 38.7 Å². The molecule has 1 aromatic rings. The lowest BCUT2D eigenvalue weighted by Gasteiger charge is -2.22. The quantitative estimate of drug-likeness (QED) is 0.755. The fourth-order valence-corrected chi connectivity index (χ4v) is 1.54. The smallest absolute Gasteiger partial charge is 0.138 e. The molecule has 16 heavy (non-hydrogen) atoms. The summed E-state index contributed by atoms with van der Waals surface area (Å²) in [6.45, 7) is 7.52. The molecule has 0 aliphatic rings. The van der Waals surface area contributed by atoms with Crippen LogP contribution in [0.1, 0.15) is 33.0 Å². The molecule has 0 fully saturated rings. The lowest BCUT2D eigenvalue weighted by molar-refractivity contribution is -0.0314. The maximum atomic E-state index is 10.1. The fourth-order valence-electron chi connectivity index (χ4n) is 1.54. The molecule has 0 saturated heterocycles. The Balaban J connectivity index is 2.60. The molecule has 1 N–H and O–H groups in total. The van der Waals surface area contributed by atoms with Crippen LogP contribution in [0.4, 0.5) is 0 Å². The van der Waals surface area contributed by atoms with E-state index in [1.165, 1.54) is 6.33 Å². The van der Waals surface area contributed by atoms with Gasteiger partial charge >= 0.3 is 0 Å². The number of hydrogen-bond donors (Lipinski definition) is 1. The molecule has 0 aromatic carbocycles. The molecule has 0 bridgehead atoms. The van der Waals surface area contributed by atoms with E-state index in [9.17, 15) is 5.11 Å². The van der Waals surface area contributed by atoms with Crippen molar-refractivity contribution in [3.05, 3.63) is 12.2 Å². The van der Waals surface area contributed by atoms with Crippen LogP contribution in [0.5, 0.6) is 0 Å². The highest BCUT2D eigenvalue weighted by Gasteiger charge is 2.23. The Labute approximate surface area is 96.5 Å². The maximum absolute atomic E-state index is 10.1. The molecule has 0 aliphatic heterocycles. The van der Waals surface area contributed by atoms with Crippen LogP contribution in [0, 0.1) is 0 Å². The third-order valence-electron chi connectivity index (χ3n) is 2.29. The van der Waals surface area contributed by atoms with Crippen LogP contribution in [0.2, 0.25) is 0 Å². The first-order valence-electron chi connectivity index (χ1n) is 5.76. The van der Waals surface area contributed by atoms with Gasteiger partial charge in [-0.2, -0.15) is 5.10 Å². The van der Waals surface area contributed by atoms with Crippen LogP contribution in [-0.2, 0) is 17.7 Å². The Morgan fingerprint density at radius 2 is 2.25 bits per heavy atom. The topological polar surface area (TPSA) is 60.2 Å². The Kier molecular flexibility index (Phi) is 4.89. The van der Waals surface area contributed by atoms with Gasteiger partial charge in [0.05, 0.1) is 12.2 Å². The minimum atomic E-state index is -0.880. The van der Waals surface area contributed by atoms with Crippen molar-refractivity contribution in [2.75, 3.05) is 13.2 Å². The van der Waals surface area contributed by atoms with E-state index in [1.807, 2.05) is 11.6 Å². The van der Waals surface area contributed by atoms with E-state index in [0.717, 1.165) is 18.8 Å². The largest absolute Gasteiger partial charge is 0.387 e. The van der Waals surface area contributed by atoms with Crippen molar-refractivity contribution in [3.63, 3.8) is 0 Å². The third kappa shape index (κ3) is 3.90. The zero-order valence-corrected chi connectivity index (χ0v) is 10.3. The van der Waals surface area contributed by atoms with E-state index in [0.29, 0.717) is 19.6 Å². The summed E-state index contributed by atoms with van der Waals surface area (Å²) in [7, 11) is 0. The second-order valence-electron chi connectivity index (χ2n) is 4.21. The summed E-state index contributed by atoms with van der Waals surface area (Å²) in [6, 6.07) is 0. The Bertz CT molecular complexity index is 310. The maximum Gasteiger partial charge on any atom is 0.138 e. The van der Waals surface area contributed by atoms with Gasteiger partial charge in [-0.05, 0) is 20.3 Å². The Morgan fingerprint density at radius 1 is 1.50 bits per heavy atom. The molecular formula is C11H21N3O2. The highest BCUT2D eigenvalue weighted by molar-refractivity contribution is 4.92. The number of aromatic nitrogens is 3. The van der Waals surface area contributed by atoms with Gasteiger partial charge in [0.25, 0.3) is 0 Å². The van der Waals surface area contributed by atoms with Crippen molar-refractivity contribution < 1.29 is 9.84 Å². The molecule has 1 rings (SSSR count). The summed E-state index contributed by atoms with van der Waals surface area (Å²) >= 11 is 0. The van der Waals surface area contributed by atoms with Crippen LogP contribution in [0.15, 0.2) is 6.33 Å². The van der Waals surface area contributed by atoms with Crippen LogP contribution in [0.25, 0.3) is 0 Å². The van der Waals surface area contributed by atoms with E-state index in [4.69, 9.17) is 4.74 Å². The Morgan fingerprint density at radius 3 is 2.88 bits per heavy atom. The molecular weight excluding hydrogens is 206 g/mol. The molecule has 92 valence electrons. The van der Waals surface area contributed by atoms with Gasteiger partial charge in [-0.3, -0.25) is 4.68 Å². The van der Waals surface area contributed by atoms with E-state index in [2.05, 4.69) is 17.0 Å². The summed E-state index contributed by atoms with van der Waals surface area (Å²) in [5.74, 6) is 0.812. The standard InChI is InChI=1S/C11H21N3O2/c1-4-6-14-10(12-9-13-14)7-11(3,15)8-16-5-2/h9,15H,4-8H2,1-3H3. The van der Waals surface area contributed by atoms with Crippen molar-refractivity contribution in [3.8, 4) is 0 Å². The van der Waals surface area contributed by atoms with Gasteiger partial charge in [0.1, 0.15) is 12.2 Å². The second kappa shape index (κ2) is 5.96. The monoisotopic (exact) mass is 227 g/mol. The molecule has 1 aromatic heterocycles. The highest BCUT2D eigenvalue weighted by atomic mass is 16.5. The zero-order valence-electron chi connectivity index (χ0n) is 10.3. The molecule has 0 spiro atoms. The van der Waals surface area contributed by atoms with Gasteiger partial charge in [0.15, 0.2) is 0 Å². The summed E-state index contributed by atoms with van der Waals surface area (Å²) < 4.78 is 7.07. The summed E-state index contributed by atoms with van der Waals surface area (Å²) in [5.41, 5.74) is -0.880. The van der Waals surface area contributed by atoms with Gasteiger partial charge in [0, 0.05) is 19.6 Å². The first-order valence-corrected chi connectivity index (χ1v) is 5.76. The van der Waals surface area contributed by atoms with Crippen molar-refractivity contribution in [1.29, 1.82) is 0 Å². The van der Waals surface area contributed by atoms with Crippen molar-refractivity contribution in [1.82, 2.24) is 14.8 Å². The summed E-state index contributed by atoms with van der Waals surface area (Å²) in [6.07, 6.45) is 3.00. The first kappa shape index (κ1) is 13.1. The molecule has 1 unspecified atom stereocenters. The zero-order chi connectivity index (χ0) is 12.0. The molecule has 0 amide bonds. The van der Waals surface area contributed by atoms with Crippen molar-refractivity contribution in [2.24, 2.45) is 0 Å². The molecule has 0 saturated carbocycles. The molecule has 5 nitrogen and oxygen atoms in total. The lowest BCUT2D eigenvalue weighted by Crippen LogP contribution is -2.34. The highest BCUT2D eigenvalue weighted by Crippen LogP contribution is 2.12. The van der Waals surface area contributed by atoms with E-state index >= 15 is 0 Å². The molecule has 0 aliphatic carbocycles.